The second kappa shape index (κ2) is 5.53. The van der Waals surface area contributed by atoms with Crippen molar-refractivity contribution in [2.45, 2.75) is 26.2 Å². The van der Waals surface area contributed by atoms with E-state index in [-0.39, 0.29) is 5.69 Å². The van der Waals surface area contributed by atoms with Crippen molar-refractivity contribution in [1.29, 1.82) is 0 Å². The third-order valence-corrected chi connectivity index (χ3v) is 2.67. The molecule has 0 amide bonds. The van der Waals surface area contributed by atoms with Gasteiger partial charge in [-0.15, -0.1) is 0 Å². The summed E-state index contributed by atoms with van der Waals surface area (Å²) in [6.07, 6.45) is 6.49. The van der Waals surface area contributed by atoms with E-state index in [1.807, 2.05) is 6.07 Å². The van der Waals surface area contributed by atoms with E-state index in [2.05, 4.69) is 11.9 Å². The molecule has 0 aliphatic rings. The molecule has 2 heterocycles. The van der Waals surface area contributed by atoms with Crippen molar-refractivity contribution in [3.8, 4) is 5.75 Å². The van der Waals surface area contributed by atoms with E-state index >= 15 is 0 Å². The van der Waals surface area contributed by atoms with E-state index in [1.54, 1.807) is 16.7 Å². The normalized spacial score (nSPS) is 10.7. The molecule has 0 saturated heterocycles. The highest BCUT2D eigenvalue weighted by Crippen LogP contribution is 2.19. The Labute approximate surface area is 105 Å². The molecule has 0 fully saturated rings. The minimum absolute atomic E-state index is 0.0274. The Morgan fingerprint density at radius 1 is 1.50 bits per heavy atom. The number of carboxylic acids is 1. The van der Waals surface area contributed by atoms with E-state index in [0.717, 1.165) is 19.3 Å². The smallest absolute Gasteiger partial charge is 0.356 e. The monoisotopic (exact) mass is 248 g/mol. The van der Waals surface area contributed by atoms with Crippen LogP contribution in [0.15, 0.2) is 24.5 Å². The molecular weight excluding hydrogens is 232 g/mol. The number of imidazole rings is 1. The van der Waals surface area contributed by atoms with E-state index < -0.39 is 5.97 Å². The third kappa shape index (κ3) is 2.61. The fraction of sp³-hybridized carbons (Fsp3) is 0.385. The average molecular weight is 248 g/mol. The highest BCUT2D eigenvalue weighted by molar-refractivity contribution is 5.86. The highest BCUT2D eigenvalue weighted by Gasteiger charge is 2.11. The molecule has 2 aromatic rings. The summed E-state index contributed by atoms with van der Waals surface area (Å²) in [5, 5.41) is 8.91. The van der Waals surface area contributed by atoms with Crippen molar-refractivity contribution >= 4 is 11.6 Å². The lowest BCUT2D eigenvalue weighted by Gasteiger charge is -2.06. The molecule has 0 atom stereocenters. The van der Waals surface area contributed by atoms with Crippen LogP contribution in [0.2, 0.25) is 0 Å². The van der Waals surface area contributed by atoms with Gasteiger partial charge in [-0.2, -0.15) is 0 Å². The van der Waals surface area contributed by atoms with Gasteiger partial charge in [-0.3, -0.25) is 0 Å². The van der Waals surface area contributed by atoms with Crippen molar-refractivity contribution in [3.63, 3.8) is 0 Å². The molecule has 18 heavy (non-hydrogen) atoms. The van der Waals surface area contributed by atoms with Crippen LogP contribution in [-0.4, -0.2) is 27.1 Å². The van der Waals surface area contributed by atoms with Gasteiger partial charge in [-0.1, -0.05) is 19.8 Å². The predicted octanol–water partition coefficient (Wildman–Crippen LogP) is 2.60. The number of pyridine rings is 1. The summed E-state index contributed by atoms with van der Waals surface area (Å²) in [6.45, 7) is 2.76. The van der Waals surface area contributed by atoms with Crippen molar-refractivity contribution in [1.82, 2.24) is 9.38 Å². The van der Waals surface area contributed by atoms with Crippen LogP contribution < -0.4 is 4.74 Å². The topological polar surface area (TPSA) is 63.8 Å². The number of unbranched alkanes of at least 4 members (excludes halogenated alkanes) is 2. The first-order valence-electron chi connectivity index (χ1n) is 6.06. The second-order valence-electron chi connectivity index (χ2n) is 4.09. The Morgan fingerprint density at radius 2 is 2.33 bits per heavy atom. The summed E-state index contributed by atoms with van der Waals surface area (Å²) < 4.78 is 7.30. The summed E-state index contributed by atoms with van der Waals surface area (Å²) >= 11 is 0. The standard InChI is InChI=1S/C13H16N2O3/c1-2-3-4-8-18-11-6-5-7-15-9-10(13(16)17)14-12(11)15/h5-7,9H,2-4,8H2,1H3,(H,16,17). The van der Waals surface area contributed by atoms with Crippen LogP contribution in [-0.2, 0) is 0 Å². The molecule has 1 N–H and O–H groups in total. The summed E-state index contributed by atoms with van der Waals surface area (Å²) in [6, 6.07) is 3.62. The molecule has 0 unspecified atom stereocenters. The zero-order chi connectivity index (χ0) is 13.0. The minimum atomic E-state index is -1.03. The first-order chi connectivity index (χ1) is 8.72. The first kappa shape index (κ1) is 12.4. The van der Waals surface area contributed by atoms with Gasteiger partial charge >= 0.3 is 5.97 Å². The number of aromatic nitrogens is 2. The van der Waals surface area contributed by atoms with E-state index in [0.29, 0.717) is 18.0 Å². The van der Waals surface area contributed by atoms with Crippen molar-refractivity contribution in [2.75, 3.05) is 6.61 Å². The van der Waals surface area contributed by atoms with Crippen LogP contribution in [0.1, 0.15) is 36.7 Å². The van der Waals surface area contributed by atoms with E-state index in [9.17, 15) is 4.79 Å². The molecule has 0 spiro atoms. The SMILES string of the molecule is CCCCCOc1cccn2cc(C(=O)O)nc12. The molecule has 96 valence electrons. The molecule has 0 saturated carbocycles. The van der Waals surface area contributed by atoms with Crippen molar-refractivity contribution in [2.24, 2.45) is 0 Å². The van der Waals surface area contributed by atoms with Crippen LogP contribution in [0.25, 0.3) is 5.65 Å². The van der Waals surface area contributed by atoms with Gasteiger partial charge in [0, 0.05) is 12.4 Å². The molecule has 5 nitrogen and oxygen atoms in total. The summed E-state index contributed by atoms with van der Waals surface area (Å²) in [4.78, 5) is 14.9. The van der Waals surface area contributed by atoms with Gasteiger partial charge in [-0.05, 0) is 18.6 Å². The number of rotatable bonds is 6. The molecular formula is C13H16N2O3. The number of hydrogen-bond donors (Lipinski definition) is 1. The van der Waals surface area contributed by atoms with Crippen LogP contribution in [0, 0.1) is 0 Å². The first-order valence-corrected chi connectivity index (χ1v) is 6.06. The molecule has 2 aromatic heterocycles. The molecule has 2 rings (SSSR count). The zero-order valence-electron chi connectivity index (χ0n) is 10.3. The Bertz CT molecular complexity index is 548. The van der Waals surface area contributed by atoms with Crippen LogP contribution in [0.4, 0.5) is 0 Å². The Balaban J connectivity index is 2.19. The molecule has 5 heteroatoms. The average Bonchev–Trinajstić information content (AvgIpc) is 2.79. The maximum Gasteiger partial charge on any atom is 0.356 e. The summed E-state index contributed by atoms with van der Waals surface area (Å²) in [5.41, 5.74) is 0.575. The molecule has 0 radical (unpaired) electrons. The Hall–Kier alpha value is -2.04. The number of ether oxygens (including phenoxy) is 1. The van der Waals surface area contributed by atoms with Crippen LogP contribution >= 0.6 is 0 Å². The Kier molecular flexibility index (Phi) is 3.82. The largest absolute Gasteiger partial charge is 0.490 e. The number of fused-ring (bicyclic) bond motifs is 1. The summed E-state index contributed by atoms with van der Waals surface area (Å²) in [7, 11) is 0. The van der Waals surface area contributed by atoms with Crippen molar-refractivity contribution in [3.05, 3.63) is 30.2 Å². The van der Waals surface area contributed by atoms with Crippen molar-refractivity contribution < 1.29 is 14.6 Å². The van der Waals surface area contributed by atoms with E-state index in [4.69, 9.17) is 9.84 Å². The fourth-order valence-electron chi connectivity index (χ4n) is 1.74. The van der Waals surface area contributed by atoms with Gasteiger partial charge in [0.1, 0.15) is 0 Å². The lowest BCUT2D eigenvalue weighted by atomic mass is 10.3. The van der Waals surface area contributed by atoms with Gasteiger partial charge in [0.05, 0.1) is 6.61 Å². The van der Waals surface area contributed by atoms with Gasteiger partial charge in [0.25, 0.3) is 0 Å². The van der Waals surface area contributed by atoms with E-state index in [1.165, 1.54) is 6.20 Å². The van der Waals surface area contributed by atoms with Gasteiger partial charge in [0.2, 0.25) is 0 Å². The predicted molar refractivity (Wildman–Crippen MR) is 67.2 cm³/mol. The lowest BCUT2D eigenvalue weighted by Crippen LogP contribution is -1.99. The zero-order valence-corrected chi connectivity index (χ0v) is 10.3. The molecule has 0 aromatic carbocycles. The highest BCUT2D eigenvalue weighted by atomic mass is 16.5. The Morgan fingerprint density at radius 3 is 3.06 bits per heavy atom. The minimum Gasteiger partial charge on any atom is -0.490 e. The number of aromatic carboxylic acids is 1. The van der Waals surface area contributed by atoms with Gasteiger partial charge in [0.15, 0.2) is 17.1 Å². The van der Waals surface area contributed by atoms with Crippen LogP contribution in [0.3, 0.4) is 0 Å². The second-order valence-corrected chi connectivity index (χ2v) is 4.09. The fourth-order valence-corrected chi connectivity index (χ4v) is 1.74. The molecule has 0 aliphatic carbocycles. The number of carbonyl (C=O) groups is 1. The number of hydrogen-bond acceptors (Lipinski definition) is 3. The third-order valence-electron chi connectivity index (χ3n) is 2.67. The van der Waals surface area contributed by atoms with Gasteiger partial charge in [-0.25, -0.2) is 9.78 Å². The summed E-state index contributed by atoms with van der Waals surface area (Å²) in [5.74, 6) is -0.406. The van der Waals surface area contributed by atoms with Crippen LogP contribution in [0.5, 0.6) is 5.75 Å². The quantitative estimate of drug-likeness (QED) is 0.798. The molecule has 0 bridgehead atoms. The van der Waals surface area contributed by atoms with Gasteiger partial charge < -0.3 is 14.2 Å². The maximum atomic E-state index is 10.9. The number of nitrogens with zero attached hydrogens (tertiary/aromatic N) is 2. The molecule has 0 aliphatic heterocycles. The number of carboxylic acid groups (broad SMARTS) is 1. The lowest BCUT2D eigenvalue weighted by molar-refractivity contribution is 0.0691. The maximum absolute atomic E-state index is 10.9.